The van der Waals surface area contributed by atoms with Gasteiger partial charge in [-0.05, 0) is 31.2 Å². The summed E-state index contributed by atoms with van der Waals surface area (Å²) < 4.78 is 13.7. The lowest BCUT2D eigenvalue weighted by atomic mass is 10.2. The molecule has 0 aromatic heterocycles. The Morgan fingerprint density at radius 1 is 1.44 bits per heavy atom. The van der Waals surface area contributed by atoms with Crippen molar-refractivity contribution in [2.45, 2.75) is 26.4 Å². The fourth-order valence-corrected chi connectivity index (χ4v) is 1.87. The summed E-state index contributed by atoms with van der Waals surface area (Å²) in [5.74, 6) is -0.212. The maximum absolute atomic E-state index is 12.9. The summed E-state index contributed by atoms with van der Waals surface area (Å²) in [7, 11) is 0. The summed E-state index contributed by atoms with van der Waals surface area (Å²) in [6.45, 7) is 6.87. The zero-order valence-corrected chi connectivity index (χ0v) is 11.3. The lowest BCUT2D eigenvalue weighted by Gasteiger charge is -2.14. The number of nitrogens with one attached hydrogen (secondary N) is 2. The van der Waals surface area contributed by atoms with Crippen LogP contribution in [0.4, 0.5) is 4.39 Å². The van der Waals surface area contributed by atoms with Gasteiger partial charge in [0.05, 0.1) is 0 Å². The third kappa shape index (κ3) is 4.60. The van der Waals surface area contributed by atoms with Crippen LogP contribution < -0.4 is 10.6 Å². The van der Waals surface area contributed by atoms with Gasteiger partial charge in [-0.2, -0.15) is 0 Å². The maximum atomic E-state index is 12.9. The van der Waals surface area contributed by atoms with E-state index in [0.717, 1.165) is 29.7 Å². The molecule has 1 aromatic carbocycles. The Morgan fingerprint density at radius 2 is 2.19 bits per heavy atom. The summed E-state index contributed by atoms with van der Waals surface area (Å²) in [5, 5.41) is 6.65. The molecule has 0 aliphatic heterocycles. The Bertz CT molecular complexity index is 331. The van der Waals surface area contributed by atoms with Crippen LogP contribution in [0, 0.1) is 5.82 Å². The first kappa shape index (κ1) is 13.6. The van der Waals surface area contributed by atoms with Crippen molar-refractivity contribution in [3.05, 3.63) is 34.1 Å². The standard InChI is InChI=1S/C12H18BrFN2/c1-3-15-7-9(2)16-8-10-4-5-11(14)6-12(10)13/h4-6,9,15-16H,3,7-8H2,1-2H3. The van der Waals surface area contributed by atoms with Gasteiger partial charge in [0.1, 0.15) is 5.82 Å². The van der Waals surface area contributed by atoms with Gasteiger partial charge in [-0.3, -0.25) is 0 Å². The number of likely N-dealkylation sites (N-methyl/N-ethyl adjacent to an activating group) is 1. The molecule has 2 N–H and O–H groups in total. The molecule has 0 radical (unpaired) electrons. The molecule has 0 aliphatic rings. The molecule has 0 fully saturated rings. The van der Waals surface area contributed by atoms with Gasteiger partial charge < -0.3 is 10.6 Å². The molecule has 0 saturated heterocycles. The molecule has 1 atom stereocenters. The minimum absolute atomic E-state index is 0.212. The number of rotatable bonds is 6. The van der Waals surface area contributed by atoms with E-state index in [0.29, 0.717) is 6.04 Å². The molecule has 0 aliphatic carbocycles. The summed E-state index contributed by atoms with van der Waals surface area (Å²) in [6.07, 6.45) is 0. The van der Waals surface area contributed by atoms with Crippen molar-refractivity contribution in [1.82, 2.24) is 10.6 Å². The molecule has 2 nitrogen and oxygen atoms in total. The second-order valence-corrected chi connectivity index (χ2v) is 4.68. The van der Waals surface area contributed by atoms with E-state index < -0.39 is 0 Å². The molecule has 0 heterocycles. The Labute approximate surface area is 105 Å². The third-order valence-corrected chi connectivity index (χ3v) is 3.09. The zero-order chi connectivity index (χ0) is 12.0. The fourth-order valence-electron chi connectivity index (χ4n) is 1.38. The molecular formula is C12H18BrFN2. The summed E-state index contributed by atoms with van der Waals surface area (Å²) in [6, 6.07) is 5.17. The van der Waals surface area contributed by atoms with E-state index in [-0.39, 0.29) is 5.82 Å². The Balaban J connectivity index is 2.42. The predicted molar refractivity (Wildman–Crippen MR) is 68.9 cm³/mol. The van der Waals surface area contributed by atoms with Crippen molar-refractivity contribution >= 4 is 15.9 Å². The molecule has 90 valence electrons. The Morgan fingerprint density at radius 3 is 2.81 bits per heavy atom. The molecule has 0 bridgehead atoms. The van der Waals surface area contributed by atoms with Gasteiger partial charge in [-0.15, -0.1) is 0 Å². The van der Waals surface area contributed by atoms with Crippen LogP contribution in [-0.2, 0) is 6.54 Å². The van der Waals surface area contributed by atoms with E-state index >= 15 is 0 Å². The van der Waals surface area contributed by atoms with Crippen LogP contribution in [0.3, 0.4) is 0 Å². The van der Waals surface area contributed by atoms with E-state index in [1.807, 2.05) is 0 Å². The highest BCUT2D eigenvalue weighted by molar-refractivity contribution is 9.10. The quantitative estimate of drug-likeness (QED) is 0.841. The second-order valence-electron chi connectivity index (χ2n) is 3.83. The van der Waals surface area contributed by atoms with Crippen LogP contribution in [-0.4, -0.2) is 19.1 Å². The number of hydrogen-bond acceptors (Lipinski definition) is 2. The summed E-state index contributed by atoms with van der Waals surface area (Å²) >= 11 is 3.35. The van der Waals surface area contributed by atoms with Crippen molar-refractivity contribution in [3.63, 3.8) is 0 Å². The Hall–Kier alpha value is -0.450. The normalized spacial score (nSPS) is 12.8. The molecule has 1 rings (SSSR count). The van der Waals surface area contributed by atoms with Gasteiger partial charge in [-0.1, -0.05) is 28.9 Å². The maximum Gasteiger partial charge on any atom is 0.124 e. The largest absolute Gasteiger partial charge is 0.315 e. The van der Waals surface area contributed by atoms with Gasteiger partial charge in [0.15, 0.2) is 0 Å². The first-order valence-corrected chi connectivity index (χ1v) is 6.30. The molecule has 0 amide bonds. The minimum Gasteiger partial charge on any atom is -0.315 e. The fraction of sp³-hybridized carbons (Fsp3) is 0.500. The highest BCUT2D eigenvalue weighted by Gasteiger charge is 2.04. The van der Waals surface area contributed by atoms with Crippen molar-refractivity contribution in [3.8, 4) is 0 Å². The highest BCUT2D eigenvalue weighted by atomic mass is 79.9. The van der Waals surface area contributed by atoms with Gasteiger partial charge in [0.25, 0.3) is 0 Å². The monoisotopic (exact) mass is 288 g/mol. The highest BCUT2D eigenvalue weighted by Crippen LogP contribution is 2.17. The van der Waals surface area contributed by atoms with Crippen molar-refractivity contribution in [2.75, 3.05) is 13.1 Å². The van der Waals surface area contributed by atoms with Gasteiger partial charge >= 0.3 is 0 Å². The van der Waals surface area contributed by atoms with E-state index in [1.165, 1.54) is 12.1 Å². The molecule has 1 unspecified atom stereocenters. The first-order valence-electron chi connectivity index (χ1n) is 5.51. The van der Waals surface area contributed by atoms with Crippen LogP contribution in [0.15, 0.2) is 22.7 Å². The summed E-state index contributed by atoms with van der Waals surface area (Å²) in [5.41, 5.74) is 1.07. The van der Waals surface area contributed by atoms with Crippen LogP contribution in [0.5, 0.6) is 0 Å². The van der Waals surface area contributed by atoms with Crippen molar-refractivity contribution in [2.24, 2.45) is 0 Å². The van der Waals surface area contributed by atoms with Crippen LogP contribution in [0.1, 0.15) is 19.4 Å². The van der Waals surface area contributed by atoms with Gasteiger partial charge in [0, 0.05) is 23.6 Å². The molecule has 1 aromatic rings. The van der Waals surface area contributed by atoms with E-state index in [2.05, 4.69) is 40.4 Å². The molecule has 4 heteroatoms. The third-order valence-electron chi connectivity index (χ3n) is 2.36. The molecule has 0 saturated carbocycles. The second kappa shape index (κ2) is 6.99. The minimum atomic E-state index is -0.212. The van der Waals surface area contributed by atoms with Crippen molar-refractivity contribution < 1.29 is 4.39 Å². The SMILES string of the molecule is CCNCC(C)NCc1ccc(F)cc1Br. The van der Waals surface area contributed by atoms with Crippen LogP contribution >= 0.6 is 15.9 Å². The molecule has 16 heavy (non-hydrogen) atoms. The van der Waals surface area contributed by atoms with Gasteiger partial charge in [-0.25, -0.2) is 4.39 Å². The average molecular weight is 289 g/mol. The topological polar surface area (TPSA) is 24.1 Å². The van der Waals surface area contributed by atoms with Crippen LogP contribution in [0.2, 0.25) is 0 Å². The van der Waals surface area contributed by atoms with Gasteiger partial charge in [0.2, 0.25) is 0 Å². The van der Waals surface area contributed by atoms with E-state index in [1.54, 1.807) is 6.07 Å². The smallest absolute Gasteiger partial charge is 0.124 e. The number of benzene rings is 1. The predicted octanol–water partition coefficient (Wildman–Crippen LogP) is 2.68. The van der Waals surface area contributed by atoms with Crippen LogP contribution in [0.25, 0.3) is 0 Å². The average Bonchev–Trinajstić information content (AvgIpc) is 2.25. The zero-order valence-electron chi connectivity index (χ0n) is 9.69. The lowest BCUT2D eigenvalue weighted by molar-refractivity contribution is 0.508. The van der Waals surface area contributed by atoms with E-state index in [4.69, 9.17) is 0 Å². The summed E-state index contributed by atoms with van der Waals surface area (Å²) in [4.78, 5) is 0. The number of halogens is 2. The van der Waals surface area contributed by atoms with E-state index in [9.17, 15) is 4.39 Å². The number of hydrogen-bond donors (Lipinski definition) is 2. The van der Waals surface area contributed by atoms with Crippen molar-refractivity contribution in [1.29, 1.82) is 0 Å². The Kier molecular flexibility index (Phi) is 5.95. The first-order chi connectivity index (χ1) is 7.63. The lowest BCUT2D eigenvalue weighted by Crippen LogP contribution is -2.35. The molecular weight excluding hydrogens is 271 g/mol. The molecule has 0 spiro atoms.